The number of methoxy groups -OCH3 is 1. The van der Waals surface area contributed by atoms with Crippen molar-refractivity contribution in [3.63, 3.8) is 0 Å². The Balaban J connectivity index is 1.28. The number of ether oxygens (including phenoxy) is 4. The van der Waals surface area contributed by atoms with Crippen molar-refractivity contribution in [1.82, 2.24) is 30.2 Å². The molecule has 0 radical (unpaired) electrons. The van der Waals surface area contributed by atoms with Crippen molar-refractivity contribution >= 4 is 41.4 Å². The minimum absolute atomic E-state index is 0.0180. The molecule has 0 saturated carbocycles. The summed E-state index contributed by atoms with van der Waals surface area (Å²) in [5.74, 6) is -4.31. The van der Waals surface area contributed by atoms with E-state index < -0.39 is 115 Å². The van der Waals surface area contributed by atoms with E-state index >= 15 is 0 Å². The molecular formula is C48H58N6O15. The number of hydrogen-bond donors (Lipinski definition) is 6. The molecule has 11 unspecified atom stereocenters. The average molecular weight is 959 g/mol. The van der Waals surface area contributed by atoms with E-state index in [0.29, 0.717) is 22.4 Å². The highest BCUT2D eigenvalue weighted by molar-refractivity contribution is 6.06. The molecule has 370 valence electrons. The maximum atomic E-state index is 15.0. The second-order valence-corrected chi connectivity index (χ2v) is 17.8. The van der Waals surface area contributed by atoms with Crippen LogP contribution in [0, 0.1) is 0 Å². The van der Waals surface area contributed by atoms with Gasteiger partial charge in [-0.15, -0.1) is 0 Å². The summed E-state index contributed by atoms with van der Waals surface area (Å²) in [6, 6.07) is 9.89. The van der Waals surface area contributed by atoms with Crippen LogP contribution in [0.4, 0.5) is 0 Å². The van der Waals surface area contributed by atoms with E-state index in [9.17, 15) is 54.0 Å². The molecule has 21 heteroatoms. The molecule has 6 bridgehead atoms. The summed E-state index contributed by atoms with van der Waals surface area (Å²) < 4.78 is 23.1. The van der Waals surface area contributed by atoms with Crippen LogP contribution in [0.15, 0.2) is 66.7 Å². The summed E-state index contributed by atoms with van der Waals surface area (Å²) in [4.78, 5) is 105. The summed E-state index contributed by atoms with van der Waals surface area (Å²) in [5.41, 5.74) is 1.57. The molecule has 0 spiro atoms. The normalized spacial score (nSPS) is 29.7. The van der Waals surface area contributed by atoms with Gasteiger partial charge in [0.1, 0.15) is 72.2 Å². The maximum Gasteiger partial charge on any atom is 0.252 e. The van der Waals surface area contributed by atoms with Gasteiger partial charge < -0.3 is 64.7 Å². The highest BCUT2D eigenvalue weighted by atomic mass is 16.7. The van der Waals surface area contributed by atoms with Crippen LogP contribution in [0.1, 0.15) is 43.4 Å². The second kappa shape index (κ2) is 20.9. The lowest BCUT2D eigenvalue weighted by Crippen LogP contribution is -2.62. The number of amides is 7. The molecule has 5 aliphatic rings. The molecule has 3 aromatic carbocycles. The van der Waals surface area contributed by atoms with Gasteiger partial charge in [-0.05, 0) is 73.4 Å². The number of hydrogen-bond acceptors (Lipinski definition) is 15. The van der Waals surface area contributed by atoms with Crippen molar-refractivity contribution in [3.8, 4) is 23.0 Å². The number of likely N-dealkylation sites (N-methyl/N-ethyl adjacent to an activating group) is 3. The largest absolute Gasteiger partial charge is 0.497 e. The van der Waals surface area contributed by atoms with Gasteiger partial charge in [-0.1, -0.05) is 30.3 Å². The van der Waals surface area contributed by atoms with Gasteiger partial charge >= 0.3 is 0 Å². The molecule has 7 amide bonds. The number of carbonyl (C=O) groups excluding carboxylic acids is 7. The SMILES string of the molecule is COc1ccc(CC2C(=O)NC(C)C(=O)N(C)C3Cc4ccc(cc4)Oc4cc(ccc4OC4OC(CO)C(O)C(O)C4O)CC(C(=O)NC(C)C(=O)N4C(=O)CCC4C(=O)N2C)N(C)C3=O)cc1. The number of aliphatic hydroxyl groups is 4. The van der Waals surface area contributed by atoms with Gasteiger partial charge in [-0.2, -0.15) is 0 Å². The minimum atomic E-state index is -1.75. The lowest BCUT2D eigenvalue weighted by molar-refractivity contribution is -0.277. The Morgan fingerprint density at radius 2 is 1.29 bits per heavy atom. The van der Waals surface area contributed by atoms with Crippen LogP contribution >= 0.6 is 0 Å². The van der Waals surface area contributed by atoms with Gasteiger partial charge in [0.25, 0.3) is 5.91 Å². The van der Waals surface area contributed by atoms with Gasteiger partial charge in [0.15, 0.2) is 11.5 Å². The maximum absolute atomic E-state index is 15.0. The zero-order valence-corrected chi connectivity index (χ0v) is 39.0. The van der Waals surface area contributed by atoms with Gasteiger partial charge in [-0.25, -0.2) is 0 Å². The Kier molecular flexibility index (Phi) is 15.2. The molecule has 3 saturated heterocycles. The highest BCUT2D eigenvalue weighted by Gasteiger charge is 2.47. The molecule has 21 nitrogen and oxygen atoms in total. The first-order valence-corrected chi connectivity index (χ1v) is 22.6. The lowest BCUT2D eigenvalue weighted by Gasteiger charge is -2.39. The molecule has 11 atom stereocenters. The van der Waals surface area contributed by atoms with Crippen LogP contribution in [-0.2, 0) is 57.6 Å². The Hall–Kier alpha value is -6.65. The van der Waals surface area contributed by atoms with E-state index in [1.165, 1.54) is 65.2 Å². The summed E-state index contributed by atoms with van der Waals surface area (Å²) in [6.45, 7) is 2.09. The first kappa shape index (κ1) is 50.2. The number of benzene rings is 3. The van der Waals surface area contributed by atoms with Gasteiger partial charge in [0, 0.05) is 46.8 Å². The Labute approximate surface area is 397 Å². The van der Waals surface area contributed by atoms with E-state index in [2.05, 4.69) is 10.6 Å². The standard InChI is InChI=1S/C48H58N6O15/c1-24-44(62)53(5)34-20-27-9-14-30(15-10-27)67-36-22-28(11-17-35(36)68-48-41(59)40(58)39(57)37(23-55)69-48)21-33(52(4)47(34)65)43(61)50-25(2)45(63)54-31(16-18-38(54)56)46(64)51(3)32(42(60)49-24)19-26-7-12-29(66-6)13-8-26/h7-15,17,22,24-25,31-34,37,39-41,48,55,57-59H,16,18-21,23H2,1-6H3,(H,49,60)(H,50,61). The zero-order chi connectivity index (χ0) is 50.0. The van der Waals surface area contributed by atoms with E-state index in [1.807, 2.05) is 0 Å². The van der Waals surface area contributed by atoms with E-state index in [-0.39, 0.29) is 49.4 Å². The molecule has 5 aliphatic heterocycles. The van der Waals surface area contributed by atoms with Crippen LogP contribution < -0.4 is 24.8 Å². The quantitative estimate of drug-likeness (QED) is 0.162. The third-order valence-electron chi connectivity index (χ3n) is 13.2. The molecule has 8 rings (SSSR count). The van der Waals surface area contributed by atoms with Crippen LogP contribution in [0.5, 0.6) is 23.0 Å². The second-order valence-electron chi connectivity index (χ2n) is 17.8. The molecule has 0 aromatic heterocycles. The number of fused-ring (bicyclic) bond motifs is 3. The van der Waals surface area contributed by atoms with Crippen molar-refractivity contribution in [1.29, 1.82) is 0 Å². The topological polar surface area (TPSA) is 274 Å². The van der Waals surface area contributed by atoms with Gasteiger partial charge in [0.05, 0.1) is 13.7 Å². The zero-order valence-electron chi connectivity index (χ0n) is 39.0. The lowest BCUT2D eigenvalue weighted by atomic mass is 9.98. The van der Waals surface area contributed by atoms with Crippen LogP contribution in [0.3, 0.4) is 0 Å². The first-order chi connectivity index (χ1) is 32.8. The van der Waals surface area contributed by atoms with Crippen molar-refractivity contribution in [2.24, 2.45) is 0 Å². The van der Waals surface area contributed by atoms with Crippen molar-refractivity contribution in [2.75, 3.05) is 34.9 Å². The van der Waals surface area contributed by atoms with Gasteiger partial charge in [0.2, 0.25) is 41.7 Å². The smallest absolute Gasteiger partial charge is 0.252 e. The van der Waals surface area contributed by atoms with E-state index in [1.54, 1.807) is 48.5 Å². The van der Waals surface area contributed by atoms with Crippen LogP contribution in [0.2, 0.25) is 0 Å². The molecule has 5 heterocycles. The molecular weight excluding hydrogens is 901 g/mol. The number of nitrogens with zero attached hydrogens (tertiary/aromatic N) is 4. The van der Waals surface area contributed by atoms with Crippen LogP contribution in [0.25, 0.3) is 0 Å². The van der Waals surface area contributed by atoms with Crippen molar-refractivity contribution in [3.05, 3.63) is 83.4 Å². The summed E-state index contributed by atoms with van der Waals surface area (Å²) in [7, 11) is 5.66. The van der Waals surface area contributed by atoms with Crippen LogP contribution in [-0.4, -0.2) is 183 Å². The number of nitrogens with one attached hydrogen (secondary N) is 2. The third-order valence-corrected chi connectivity index (χ3v) is 13.2. The van der Waals surface area contributed by atoms with Crippen molar-refractivity contribution < 1.29 is 72.9 Å². The van der Waals surface area contributed by atoms with E-state index in [0.717, 1.165) is 14.7 Å². The molecule has 3 aromatic rings. The number of imide groups is 1. The number of aliphatic hydroxyl groups excluding tert-OH is 4. The monoisotopic (exact) mass is 958 g/mol. The fourth-order valence-corrected chi connectivity index (χ4v) is 8.98. The Morgan fingerprint density at radius 3 is 1.96 bits per heavy atom. The Morgan fingerprint density at radius 1 is 0.681 bits per heavy atom. The van der Waals surface area contributed by atoms with Crippen molar-refractivity contribution in [2.45, 2.75) is 113 Å². The summed E-state index contributed by atoms with van der Waals surface area (Å²) in [6.07, 6.45) is -8.55. The number of carbonyl (C=O) groups is 7. The highest BCUT2D eigenvalue weighted by Crippen LogP contribution is 2.37. The molecule has 0 aliphatic carbocycles. The third kappa shape index (κ3) is 10.5. The van der Waals surface area contributed by atoms with Gasteiger partial charge in [-0.3, -0.25) is 38.5 Å². The summed E-state index contributed by atoms with van der Waals surface area (Å²) >= 11 is 0. The predicted octanol–water partition coefficient (Wildman–Crippen LogP) is -0.971. The Bertz CT molecular complexity index is 2440. The average Bonchev–Trinajstić information content (AvgIpc) is 3.73. The molecule has 6 N–H and O–H groups in total. The van der Waals surface area contributed by atoms with E-state index in [4.69, 9.17) is 18.9 Å². The predicted molar refractivity (Wildman–Crippen MR) is 241 cm³/mol. The fraction of sp³-hybridized carbons (Fsp3) is 0.479. The summed E-state index contributed by atoms with van der Waals surface area (Å²) in [5, 5.41) is 46.7. The minimum Gasteiger partial charge on any atom is -0.497 e. The molecule has 3 fully saturated rings. The fourth-order valence-electron chi connectivity index (χ4n) is 8.98. The molecule has 69 heavy (non-hydrogen) atoms. The number of rotatable bonds is 6. The first-order valence-electron chi connectivity index (χ1n) is 22.6.